The van der Waals surface area contributed by atoms with E-state index in [-0.39, 0.29) is 6.04 Å². The Balaban J connectivity index is 1.50. The summed E-state index contributed by atoms with van der Waals surface area (Å²) < 4.78 is 5.93. The van der Waals surface area contributed by atoms with Crippen LogP contribution in [0.4, 0.5) is 0 Å². The Morgan fingerprint density at radius 2 is 1.89 bits per heavy atom. The predicted octanol–water partition coefficient (Wildman–Crippen LogP) is 4.78. The molecule has 0 radical (unpaired) electrons. The van der Waals surface area contributed by atoms with Crippen molar-refractivity contribution in [3.05, 3.63) is 64.3 Å². The van der Waals surface area contributed by atoms with Crippen LogP contribution in [0.5, 0.6) is 5.75 Å². The van der Waals surface area contributed by atoms with Crippen molar-refractivity contribution in [3.8, 4) is 5.75 Å². The minimum atomic E-state index is 0.166. The third-order valence-corrected chi connectivity index (χ3v) is 5.93. The predicted molar refractivity (Wildman–Crippen MR) is 117 cm³/mol. The van der Waals surface area contributed by atoms with Gasteiger partial charge in [0, 0.05) is 34.7 Å². The molecular formula is C23H28ClN3O. The topological polar surface area (TPSA) is 40.3 Å². The van der Waals surface area contributed by atoms with Gasteiger partial charge < -0.3 is 19.9 Å². The lowest BCUT2D eigenvalue weighted by Crippen LogP contribution is -2.30. The Morgan fingerprint density at radius 3 is 2.64 bits per heavy atom. The largest absolute Gasteiger partial charge is 0.492 e. The van der Waals surface area contributed by atoms with Gasteiger partial charge >= 0.3 is 0 Å². The van der Waals surface area contributed by atoms with Gasteiger partial charge in [0.2, 0.25) is 0 Å². The molecule has 1 atom stereocenters. The monoisotopic (exact) mass is 397 g/mol. The Labute approximate surface area is 171 Å². The maximum Gasteiger partial charge on any atom is 0.119 e. The first-order chi connectivity index (χ1) is 13.7. The molecule has 1 unspecified atom stereocenters. The number of aromatic nitrogens is 1. The number of nitrogens with one attached hydrogen (secondary N) is 2. The van der Waals surface area contributed by atoms with Crippen molar-refractivity contribution >= 4 is 22.5 Å². The van der Waals surface area contributed by atoms with Gasteiger partial charge in [0.05, 0.1) is 6.04 Å². The van der Waals surface area contributed by atoms with Crippen LogP contribution in [0.3, 0.4) is 0 Å². The Hall–Kier alpha value is -2.01. The van der Waals surface area contributed by atoms with Gasteiger partial charge in [-0.1, -0.05) is 37.6 Å². The van der Waals surface area contributed by atoms with Gasteiger partial charge in [0.15, 0.2) is 0 Å². The molecular weight excluding hydrogens is 370 g/mol. The lowest BCUT2D eigenvalue weighted by molar-refractivity contribution is 0.223. The van der Waals surface area contributed by atoms with Crippen LogP contribution in [0.2, 0.25) is 5.02 Å². The summed E-state index contributed by atoms with van der Waals surface area (Å²) >= 11 is 6.22. The second-order valence-corrected chi connectivity index (χ2v) is 7.73. The number of aromatic amines is 1. The zero-order valence-corrected chi connectivity index (χ0v) is 17.4. The molecule has 0 aliphatic carbocycles. The number of hydrogen-bond donors (Lipinski definition) is 2. The van der Waals surface area contributed by atoms with E-state index in [0.29, 0.717) is 0 Å². The molecule has 0 bridgehead atoms. The number of benzene rings is 2. The van der Waals surface area contributed by atoms with Crippen LogP contribution in [0.15, 0.2) is 42.5 Å². The fourth-order valence-corrected chi connectivity index (χ4v) is 4.25. The van der Waals surface area contributed by atoms with E-state index in [1.54, 1.807) is 0 Å². The normalized spacial score (nSPS) is 16.5. The van der Waals surface area contributed by atoms with Crippen LogP contribution in [-0.4, -0.2) is 42.7 Å². The molecule has 0 saturated heterocycles. The van der Waals surface area contributed by atoms with Crippen molar-refractivity contribution in [3.63, 3.8) is 0 Å². The number of likely N-dealkylation sites (N-methyl/N-ethyl adjacent to an activating group) is 1. The number of nitrogens with zero attached hydrogens (tertiary/aromatic N) is 1. The highest BCUT2D eigenvalue weighted by Gasteiger charge is 2.25. The van der Waals surface area contributed by atoms with Gasteiger partial charge in [0.25, 0.3) is 0 Å². The number of halogens is 1. The SMILES string of the molecule is CCN(CC)CCOc1ccc(C2NCCc3c2[nH]c2ccc(Cl)cc32)cc1. The molecule has 1 aromatic heterocycles. The summed E-state index contributed by atoms with van der Waals surface area (Å²) in [5, 5.41) is 5.68. The maximum absolute atomic E-state index is 6.22. The highest BCUT2D eigenvalue weighted by Crippen LogP contribution is 2.35. The molecule has 0 fully saturated rings. The van der Waals surface area contributed by atoms with E-state index in [4.69, 9.17) is 16.3 Å². The van der Waals surface area contributed by atoms with Crippen molar-refractivity contribution in [1.29, 1.82) is 0 Å². The van der Waals surface area contributed by atoms with E-state index in [0.717, 1.165) is 55.5 Å². The quantitative estimate of drug-likeness (QED) is 0.602. The summed E-state index contributed by atoms with van der Waals surface area (Å²) in [5.74, 6) is 0.926. The third kappa shape index (κ3) is 3.90. The van der Waals surface area contributed by atoms with Crippen LogP contribution in [0.1, 0.15) is 36.7 Å². The van der Waals surface area contributed by atoms with Crippen LogP contribution < -0.4 is 10.1 Å². The maximum atomic E-state index is 6.22. The summed E-state index contributed by atoms with van der Waals surface area (Å²) in [4.78, 5) is 5.97. The number of ether oxygens (including phenoxy) is 1. The van der Waals surface area contributed by atoms with Gasteiger partial charge in [-0.2, -0.15) is 0 Å². The highest BCUT2D eigenvalue weighted by atomic mass is 35.5. The molecule has 3 aromatic rings. The summed E-state index contributed by atoms with van der Waals surface area (Å²) in [7, 11) is 0. The molecule has 28 heavy (non-hydrogen) atoms. The smallest absolute Gasteiger partial charge is 0.119 e. The zero-order chi connectivity index (χ0) is 19.5. The molecule has 0 spiro atoms. The summed E-state index contributed by atoms with van der Waals surface area (Å²) in [6.07, 6.45) is 1.01. The third-order valence-electron chi connectivity index (χ3n) is 5.70. The molecule has 5 heteroatoms. The second kappa shape index (κ2) is 8.56. The van der Waals surface area contributed by atoms with Crippen LogP contribution in [0.25, 0.3) is 10.9 Å². The van der Waals surface area contributed by atoms with Crippen LogP contribution in [-0.2, 0) is 6.42 Å². The number of hydrogen-bond acceptors (Lipinski definition) is 3. The first-order valence-corrected chi connectivity index (χ1v) is 10.6. The molecule has 4 rings (SSSR count). The molecule has 2 aromatic carbocycles. The summed E-state index contributed by atoms with van der Waals surface area (Å²) in [5.41, 5.74) is 5.02. The molecule has 1 aliphatic rings. The summed E-state index contributed by atoms with van der Waals surface area (Å²) in [6, 6.07) is 14.7. The van der Waals surface area contributed by atoms with Gasteiger partial charge in [-0.25, -0.2) is 0 Å². The average Bonchev–Trinajstić information content (AvgIpc) is 3.10. The highest BCUT2D eigenvalue weighted by molar-refractivity contribution is 6.31. The van der Waals surface area contributed by atoms with Gasteiger partial charge in [0.1, 0.15) is 12.4 Å². The van der Waals surface area contributed by atoms with E-state index in [1.165, 1.54) is 22.2 Å². The molecule has 0 saturated carbocycles. The lowest BCUT2D eigenvalue weighted by atomic mass is 9.94. The molecule has 148 valence electrons. The minimum absolute atomic E-state index is 0.166. The number of H-pyrrole nitrogens is 1. The fourth-order valence-electron chi connectivity index (χ4n) is 4.07. The van der Waals surface area contributed by atoms with E-state index < -0.39 is 0 Å². The molecule has 0 amide bonds. The van der Waals surface area contributed by atoms with Crippen LogP contribution >= 0.6 is 11.6 Å². The number of fused-ring (bicyclic) bond motifs is 3. The van der Waals surface area contributed by atoms with E-state index in [1.807, 2.05) is 6.07 Å². The fraction of sp³-hybridized carbons (Fsp3) is 0.391. The first-order valence-electron chi connectivity index (χ1n) is 10.2. The first kappa shape index (κ1) is 19.3. The molecule has 1 aliphatic heterocycles. The molecule has 2 N–H and O–H groups in total. The average molecular weight is 398 g/mol. The number of rotatable bonds is 7. The Bertz CT molecular complexity index is 931. The van der Waals surface area contributed by atoms with E-state index in [2.05, 4.69) is 65.4 Å². The van der Waals surface area contributed by atoms with Crippen molar-refractivity contribution in [2.24, 2.45) is 0 Å². The van der Waals surface area contributed by atoms with Crippen molar-refractivity contribution in [2.45, 2.75) is 26.3 Å². The standard InChI is InChI=1S/C23H28ClN3O/c1-3-27(4-2)13-14-28-18-8-5-16(6-9-18)22-23-19(11-12-25-22)20-15-17(24)7-10-21(20)26-23/h5-10,15,22,25-26H,3-4,11-14H2,1-2H3. The van der Waals surface area contributed by atoms with Crippen molar-refractivity contribution < 1.29 is 4.74 Å². The summed E-state index contributed by atoms with van der Waals surface area (Å²) in [6.45, 7) is 9.12. The van der Waals surface area contributed by atoms with E-state index >= 15 is 0 Å². The van der Waals surface area contributed by atoms with Gasteiger partial charge in [-0.05, 0) is 61.0 Å². The van der Waals surface area contributed by atoms with Crippen molar-refractivity contribution in [1.82, 2.24) is 15.2 Å². The Kier molecular flexibility index (Phi) is 5.90. The van der Waals surface area contributed by atoms with Crippen molar-refractivity contribution in [2.75, 3.05) is 32.8 Å². The van der Waals surface area contributed by atoms with E-state index in [9.17, 15) is 0 Å². The van der Waals surface area contributed by atoms with Gasteiger partial charge in [-0.3, -0.25) is 0 Å². The molecule has 4 nitrogen and oxygen atoms in total. The zero-order valence-electron chi connectivity index (χ0n) is 16.6. The molecule has 2 heterocycles. The second-order valence-electron chi connectivity index (χ2n) is 7.29. The van der Waals surface area contributed by atoms with Crippen LogP contribution in [0, 0.1) is 0 Å². The minimum Gasteiger partial charge on any atom is -0.492 e. The van der Waals surface area contributed by atoms with Gasteiger partial charge in [-0.15, -0.1) is 0 Å². The Morgan fingerprint density at radius 1 is 1.11 bits per heavy atom. The lowest BCUT2D eigenvalue weighted by Gasteiger charge is -2.25.